The molecule has 7 atom stereocenters. The first-order chi connectivity index (χ1) is 28.9. The molecule has 0 aliphatic carbocycles. The average molecular weight is 969 g/mol. The van der Waals surface area contributed by atoms with E-state index in [2.05, 4.69) is 30.2 Å². The van der Waals surface area contributed by atoms with E-state index in [0.717, 1.165) is 21.3 Å². The summed E-state index contributed by atoms with van der Waals surface area (Å²) in [7, 11) is -6.22. The number of hydrogen-bond donors (Lipinski definition) is 8. The van der Waals surface area contributed by atoms with Gasteiger partial charge in [0.1, 0.15) is 0 Å². The molecule has 3 unspecified atom stereocenters. The maximum atomic E-state index is 14.3. The van der Waals surface area contributed by atoms with Crippen LogP contribution in [0.3, 0.4) is 0 Å². The molecule has 0 aromatic carbocycles. The van der Waals surface area contributed by atoms with Gasteiger partial charge >= 0.3 is 367 Å². The molecule has 3 rings (SSSR count). The fraction of sp³-hybridized carbons (Fsp3) is 0.806. The third-order valence-electron chi connectivity index (χ3n) is 11.5. The van der Waals surface area contributed by atoms with Crippen LogP contribution in [0.25, 0.3) is 0 Å². The molecule has 27 heteroatoms. The number of nitrogens with two attached hydrogens (primary N) is 1. The van der Waals surface area contributed by atoms with Crippen molar-refractivity contribution in [1.29, 1.82) is 0 Å². The van der Waals surface area contributed by atoms with Gasteiger partial charge in [0, 0.05) is 0 Å². The first-order valence-corrected chi connectivity index (χ1v) is 30.0. The van der Waals surface area contributed by atoms with Gasteiger partial charge in [-0.1, -0.05) is 0 Å². The van der Waals surface area contributed by atoms with Crippen LogP contribution in [-0.4, -0.2) is 203 Å². The number of esters is 3. The van der Waals surface area contributed by atoms with Crippen molar-refractivity contribution in [3.05, 3.63) is 0 Å². The van der Waals surface area contributed by atoms with E-state index < -0.39 is 135 Å². The van der Waals surface area contributed by atoms with Crippen molar-refractivity contribution in [3.8, 4) is 0 Å². The zero-order valence-electron chi connectivity index (χ0n) is 37.6. The molecule has 0 aromatic heterocycles. The molecule has 3 fully saturated rings. The van der Waals surface area contributed by atoms with Gasteiger partial charge in [-0.25, -0.2) is 0 Å². The van der Waals surface area contributed by atoms with Crippen molar-refractivity contribution in [1.82, 2.24) is 16.0 Å². The molecule has 63 heavy (non-hydrogen) atoms. The third kappa shape index (κ3) is 10.6. The van der Waals surface area contributed by atoms with E-state index in [4.69, 9.17) is 34.2 Å². The van der Waals surface area contributed by atoms with Gasteiger partial charge in [-0.3, -0.25) is 0 Å². The Labute approximate surface area is 366 Å². The van der Waals surface area contributed by atoms with Gasteiger partial charge in [0.05, 0.1) is 0 Å². The molecule has 3 amide bonds. The SMILES string of the molecule is COC(=O)CCNC(=O)[C@@H]1OC(O)(C(C(C)C)(C2(O)OC[PH](C)(C)[C@H](C(=O)NCCC(=O)OC)O2)[C@@](N)(C(=O)O)C2(O)OC[PH](C)(C)[C@H](C(=O)NCCC(=O)OC)O2)OC[PH]1(C)C. The number of ether oxygens (including phenoxy) is 9. The van der Waals surface area contributed by atoms with Crippen molar-refractivity contribution in [2.75, 3.05) is 100.0 Å². The summed E-state index contributed by atoms with van der Waals surface area (Å²) in [6, 6.07) is 0. The standard InChI is InChI=1S/C36H67N4O20P3/c1-21(2)32(34(49)55-18-61(6,7)28(58-34)25(44)38-15-12-22(41)52-3,35(50)56-19-62(8,9)29(59-35)26(45)39-16-13-23(42)53-4)33(37,31(47)48)36(51)57-20-63(10,11)30(60-36)27(46)40-17-14-24(43)54-5/h21,28-30,49-51,61-63H,12-20,37H2,1-11H3,(H,38,44)(H,39,45)(H,40,46)(H,47,48)/t28-,29-,30-,32?,33+,34?,35?,36?/m1/s1. The van der Waals surface area contributed by atoms with Gasteiger partial charge in [-0.2, -0.15) is 0 Å². The van der Waals surface area contributed by atoms with E-state index in [1.165, 1.54) is 13.8 Å². The van der Waals surface area contributed by atoms with E-state index >= 15 is 0 Å². The summed E-state index contributed by atoms with van der Waals surface area (Å²) in [4.78, 5) is 91.6. The number of nitrogens with one attached hydrogen (secondary N) is 3. The minimum absolute atomic E-state index is 0.271. The van der Waals surface area contributed by atoms with Crippen LogP contribution in [0.2, 0.25) is 0 Å². The first-order valence-electron chi connectivity index (χ1n) is 20.1. The number of aliphatic hydroxyl groups is 3. The number of carbonyl (C=O) groups excluding carboxylic acids is 6. The number of carboxylic acids is 1. The first kappa shape index (κ1) is 54.5. The Kier molecular flexibility index (Phi) is 17.6. The Bertz CT molecular complexity index is 1690. The number of methoxy groups -OCH3 is 3. The fourth-order valence-corrected chi connectivity index (χ4v) is 13.9. The summed E-state index contributed by atoms with van der Waals surface area (Å²) in [5.74, 6) is -25.1. The normalized spacial score (nSPS) is 32.2. The second-order valence-electron chi connectivity index (χ2n) is 18.0. The molecule has 0 bridgehead atoms. The third-order valence-corrected chi connectivity index (χ3v) is 19.5. The molecule has 3 aliphatic rings. The van der Waals surface area contributed by atoms with Crippen LogP contribution in [-0.2, 0) is 76.2 Å². The molecule has 366 valence electrons. The molecule has 9 N–H and O–H groups in total. The summed E-state index contributed by atoms with van der Waals surface area (Å²) in [5, 5.41) is 58.0. The van der Waals surface area contributed by atoms with E-state index in [1.54, 1.807) is 40.0 Å². The van der Waals surface area contributed by atoms with E-state index in [-0.39, 0.29) is 38.9 Å². The molecule has 0 spiro atoms. The Morgan fingerprint density at radius 2 is 0.873 bits per heavy atom. The molecule has 0 saturated carbocycles. The van der Waals surface area contributed by atoms with Crippen LogP contribution < -0.4 is 21.7 Å². The van der Waals surface area contributed by atoms with Crippen LogP contribution in [0.4, 0.5) is 0 Å². The molecule has 0 radical (unpaired) electrons. The molecule has 3 saturated heterocycles. The van der Waals surface area contributed by atoms with Crippen LogP contribution >= 0.6 is 21.8 Å². The zero-order valence-corrected chi connectivity index (χ0v) is 40.6. The van der Waals surface area contributed by atoms with Crippen molar-refractivity contribution >= 4 is 63.4 Å². The Morgan fingerprint density at radius 3 is 1.13 bits per heavy atom. The van der Waals surface area contributed by atoms with Crippen LogP contribution in [0.1, 0.15) is 33.1 Å². The monoisotopic (exact) mass is 968 g/mol. The summed E-state index contributed by atoms with van der Waals surface area (Å²) >= 11 is 0. The van der Waals surface area contributed by atoms with Gasteiger partial charge in [0.2, 0.25) is 0 Å². The Balaban J connectivity index is 2.39. The predicted octanol–water partition coefficient (Wildman–Crippen LogP) is -2.59. The molecule has 24 nitrogen and oxygen atoms in total. The van der Waals surface area contributed by atoms with E-state index in [0.29, 0.717) is 0 Å². The topological polar surface area (TPSA) is 346 Å². The van der Waals surface area contributed by atoms with Gasteiger partial charge in [0.25, 0.3) is 0 Å². The number of hydrogen-bond acceptors (Lipinski definition) is 20. The quantitative estimate of drug-likeness (QED) is 0.0397. The summed E-state index contributed by atoms with van der Waals surface area (Å²) in [5.41, 5.74) is -0.417. The minimum atomic E-state index is -3.88. The van der Waals surface area contributed by atoms with Crippen molar-refractivity contribution in [2.45, 2.75) is 74.1 Å². The summed E-state index contributed by atoms with van der Waals surface area (Å²) < 4.78 is 50.2. The number of aliphatic carboxylic acids is 1. The van der Waals surface area contributed by atoms with Crippen molar-refractivity contribution in [2.24, 2.45) is 17.1 Å². The number of carbonyl (C=O) groups is 7. The molecule has 0 aromatic rings. The Hall–Kier alpha value is -2.82. The predicted molar refractivity (Wildman–Crippen MR) is 229 cm³/mol. The summed E-state index contributed by atoms with van der Waals surface area (Å²) in [6.07, 6.45) is -2.47. The molecule has 3 heterocycles. The number of carboxylic acid groups (broad SMARTS) is 1. The number of rotatable bonds is 18. The fourth-order valence-electron chi connectivity index (χ4n) is 7.87. The second kappa shape index (κ2) is 20.4. The van der Waals surface area contributed by atoms with E-state index in [9.17, 15) is 54.0 Å². The zero-order chi connectivity index (χ0) is 48.2. The average Bonchev–Trinajstić information content (AvgIpc) is 3.20. The molecule has 3 aliphatic heterocycles. The van der Waals surface area contributed by atoms with Gasteiger partial charge in [-0.05, 0) is 0 Å². The van der Waals surface area contributed by atoms with Crippen LogP contribution in [0, 0.1) is 11.3 Å². The summed E-state index contributed by atoms with van der Waals surface area (Å²) in [6.45, 7) is 11.2. The van der Waals surface area contributed by atoms with Gasteiger partial charge in [0.15, 0.2) is 0 Å². The van der Waals surface area contributed by atoms with Crippen LogP contribution in [0.15, 0.2) is 0 Å². The van der Waals surface area contributed by atoms with Crippen LogP contribution in [0.5, 0.6) is 0 Å². The van der Waals surface area contributed by atoms with Crippen molar-refractivity contribution < 1.29 is 96.6 Å². The number of amides is 3. The second-order valence-corrected chi connectivity index (χ2v) is 32.4. The Morgan fingerprint density at radius 1 is 0.603 bits per heavy atom. The van der Waals surface area contributed by atoms with Gasteiger partial charge in [-0.15, -0.1) is 0 Å². The van der Waals surface area contributed by atoms with E-state index in [1.807, 2.05) is 0 Å². The van der Waals surface area contributed by atoms with Crippen molar-refractivity contribution in [3.63, 3.8) is 0 Å². The maximum absolute atomic E-state index is 14.3. The van der Waals surface area contributed by atoms with Gasteiger partial charge < -0.3 is 0 Å². The molecular weight excluding hydrogens is 901 g/mol. The molecular formula is C36H67N4O20P3.